The normalized spacial score (nSPS) is 13.3. The molecule has 0 aliphatic rings. The first-order chi connectivity index (χ1) is 38.5. The fourth-order valence-corrected chi connectivity index (χ4v) is 10.9. The van der Waals surface area contributed by atoms with Crippen molar-refractivity contribution >= 4 is 19.8 Å². The minimum atomic E-state index is -4.64. The Hall–Kier alpha value is -1.77. The van der Waals surface area contributed by atoms with Crippen LogP contribution in [-0.2, 0) is 32.7 Å². The molecule has 0 saturated carbocycles. The molecule has 0 heterocycles. The average molecular weight is 1130 g/mol. The molecule has 9 nitrogen and oxygen atoms in total. The van der Waals surface area contributed by atoms with Gasteiger partial charge in [-0.3, -0.25) is 14.2 Å². The average Bonchev–Trinajstić information content (AvgIpc) is 3.41. The van der Waals surface area contributed by atoms with Crippen molar-refractivity contribution in [3.63, 3.8) is 0 Å². The number of phosphoric ester groups is 1. The van der Waals surface area contributed by atoms with Crippen molar-refractivity contribution < 1.29 is 42.1 Å². The van der Waals surface area contributed by atoms with Crippen LogP contribution in [0.3, 0.4) is 0 Å². The van der Waals surface area contributed by atoms with Crippen molar-refractivity contribution in [3.8, 4) is 0 Å². The molecule has 466 valence electrons. The van der Waals surface area contributed by atoms with Crippen LogP contribution in [0, 0.1) is 0 Å². The van der Waals surface area contributed by atoms with E-state index in [4.69, 9.17) is 18.5 Å². The minimum Gasteiger partial charge on any atom is -0.756 e. The third-order valence-electron chi connectivity index (χ3n) is 15.4. The fraction of sp³-hybridized carbons (Fsp3) is 0.884. The lowest BCUT2D eigenvalue weighted by Gasteiger charge is -2.28. The number of ether oxygens (including phenoxy) is 2. The number of allylic oxidation sites excluding steroid dienone is 6. The number of rotatable bonds is 64. The van der Waals surface area contributed by atoms with E-state index < -0.39 is 26.5 Å². The lowest BCUT2D eigenvalue weighted by atomic mass is 10.0. The maximum Gasteiger partial charge on any atom is 0.306 e. The van der Waals surface area contributed by atoms with E-state index in [2.05, 4.69) is 50.3 Å². The molecular formula is C69H132NO8P. The van der Waals surface area contributed by atoms with Crippen LogP contribution in [-0.4, -0.2) is 70.0 Å². The van der Waals surface area contributed by atoms with Crippen LogP contribution in [0.2, 0.25) is 0 Å². The van der Waals surface area contributed by atoms with Gasteiger partial charge >= 0.3 is 11.9 Å². The van der Waals surface area contributed by atoms with Crippen LogP contribution in [0.1, 0.15) is 341 Å². The summed E-state index contributed by atoms with van der Waals surface area (Å²) >= 11 is 0. The summed E-state index contributed by atoms with van der Waals surface area (Å²) in [5, 5.41) is 0. The molecule has 0 fully saturated rings. The second-order valence-electron chi connectivity index (χ2n) is 24.5. The molecular weight excluding hydrogens is 1000 g/mol. The smallest absolute Gasteiger partial charge is 0.306 e. The Morgan fingerprint density at radius 1 is 0.405 bits per heavy atom. The molecule has 0 aromatic rings. The molecule has 0 rings (SSSR count). The number of hydrogen-bond acceptors (Lipinski definition) is 8. The Labute approximate surface area is 491 Å². The number of carbonyl (C=O) groups is 2. The van der Waals surface area contributed by atoms with Crippen LogP contribution >= 0.6 is 7.82 Å². The minimum absolute atomic E-state index is 0.0317. The summed E-state index contributed by atoms with van der Waals surface area (Å²) in [4.78, 5) is 37.9. The van der Waals surface area contributed by atoms with E-state index in [0.29, 0.717) is 17.4 Å². The van der Waals surface area contributed by atoms with Crippen molar-refractivity contribution in [2.24, 2.45) is 0 Å². The highest BCUT2D eigenvalue weighted by Gasteiger charge is 2.22. The molecule has 0 N–H and O–H groups in total. The van der Waals surface area contributed by atoms with E-state index in [0.717, 1.165) is 64.2 Å². The van der Waals surface area contributed by atoms with Crippen LogP contribution in [0.25, 0.3) is 0 Å². The molecule has 0 spiro atoms. The Kier molecular flexibility index (Phi) is 59.4. The lowest BCUT2D eigenvalue weighted by molar-refractivity contribution is -0.870. The van der Waals surface area contributed by atoms with Crippen LogP contribution < -0.4 is 4.89 Å². The molecule has 0 bridgehead atoms. The number of unbranched alkanes of at least 4 members (excludes halogenated alkanes) is 44. The molecule has 0 radical (unpaired) electrons. The Morgan fingerprint density at radius 2 is 0.722 bits per heavy atom. The van der Waals surface area contributed by atoms with Gasteiger partial charge in [-0.15, -0.1) is 0 Å². The number of quaternary nitrogens is 1. The molecule has 0 aromatic heterocycles. The molecule has 2 atom stereocenters. The highest BCUT2D eigenvalue weighted by molar-refractivity contribution is 7.45. The Morgan fingerprint density at radius 3 is 1.08 bits per heavy atom. The third kappa shape index (κ3) is 65.3. The third-order valence-corrected chi connectivity index (χ3v) is 16.4. The van der Waals surface area contributed by atoms with Gasteiger partial charge in [-0.05, 0) is 44.9 Å². The number of nitrogens with zero attached hydrogens (tertiary/aromatic N) is 1. The van der Waals surface area contributed by atoms with Gasteiger partial charge in [-0.1, -0.05) is 320 Å². The molecule has 79 heavy (non-hydrogen) atoms. The van der Waals surface area contributed by atoms with E-state index in [1.807, 2.05) is 21.1 Å². The predicted molar refractivity (Wildman–Crippen MR) is 337 cm³/mol. The van der Waals surface area contributed by atoms with Crippen LogP contribution in [0.15, 0.2) is 36.5 Å². The van der Waals surface area contributed by atoms with Gasteiger partial charge in [0.05, 0.1) is 27.7 Å². The van der Waals surface area contributed by atoms with Crippen molar-refractivity contribution in [2.45, 2.75) is 347 Å². The summed E-state index contributed by atoms with van der Waals surface area (Å²) in [7, 11) is 1.17. The zero-order valence-electron chi connectivity index (χ0n) is 53.1. The van der Waals surface area contributed by atoms with Crippen molar-refractivity contribution in [1.29, 1.82) is 0 Å². The molecule has 0 amide bonds. The maximum absolute atomic E-state index is 12.8. The Balaban J connectivity index is 3.87. The number of hydrogen-bond donors (Lipinski definition) is 0. The maximum atomic E-state index is 12.8. The highest BCUT2D eigenvalue weighted by atomic mass is 31.2. The zero-order valence-corrected chi connectivity index (χ0v) is 54.0. The largest absolute Gasteiger partial charge is 0.756 e. The van der Waals surface area contributed by atoms with Crippen molar-refractivity contribution in [1.82, 2.24) is 0 Å². The van der Waals surface area contributed by atoms with Gasteiger partial charge in [-0.25, -0.2) is 0 Å². The molecule has 0 saturated heterocycles. The monoisotopic (exact) mass is 1130 g/mol. The summed E-state index contributed by atoms with van der Waals surface area (Å²) in [5.41, 5.74) is 0. The van der Waals surface area contributed by atoms with Gasteiger partial charge < -0.3 is 27.9 Å². The van der Waals surface area contributed by atoms with Gasteiger partial charge in [0.2, 0.25) is 0 Å². The number of carbonyl (C=O) groups excluding carboxylic acids is 2. The van der Waals surface area contributed by atoms with Crippen LogP contribution in [0.5, 0.6) is 0 Å². The molecule has 0 aromatic carbocycles. The first-order valence-electron chi connectivity index (χ1n) is 34.2. The highest BCUT2D eigenvalue weighted by Crippen LogP contribution is 2.38. The summed E-state index contributed by atoms with van der Waals surface area (Å²) in [6.07, 6.45) is 76.8. The SMILES string of the molecule is CC/C=C\C/C=C\C/C=C\CCCCCCCCCC(=O)OC(COC(=O)CCCCCCCCCCCCCCCCCCCCCCCCCCCCCCCCCCCCCCCC)COP(=O)([O-])OCC[N+](C)(C)C. The van der Waals surface area contributed by atoms with E-state index in [-0.39, 0.29) is 32.0 Å². The van der Waals surface area contributed by atoms with Gasteiger partial charge in [0.15, 0.2) is 6.10 Å². The molecule has 2 unspecified atom stereocenters. The Bertz CT molecular complexity index is 1430. The topological polar surface area (TPSA) is 111 Å². The second-order valence-corrected chi connectivity index (χ2v) is 25.9. The number of phosphoric acid groups is 1. The van der Waals surface area contributed by atoms with Gasteiger partial charge in [-0.2, -0.15) is 0 Å². The fourth-order valence-electron chi connectivity index (χ4n) is 10.2. The van der Waals surface area contributed by atoms with E-state index in [1.54, 1.807) is 0 Å². The number of likely N-dealkylation sites (N-methyl/N-ethyl adjacent to an activating group) is 1. The predicted octanol–water partition coefficient (Wildman–Crippen LogP) is 21.3. The van der Waals surface area contributed by atoms with Crippen molar-refractivity contribution in [2.75, 3.05) is 47.5 Å². The number of esters is 2. The van der Waals surface area contributed by atoms with E-state index in [9.17, 15) is 19.0 Å². The van der Waals surface area contributed by atoms with Crippen LogP contribution in [0.4, 0.5) is 0 Å². The van der Waals surface area contributed by atoms with Gasteiger partial charge in [0, 0.05) is 12.8 Å². The quantitative estimate of drug-likeness (QED) is 0.0195. The molecule has 10 heteroatoms. The van der Waals surface area contributed by atoms with Gasteiger partial charge in [0.1, 0.15) is 19.8 Å². The standard InChI is InChI=1S/C69H132NO8P/c1-6-8-10-12-14-16-18-20-22-24-25-26-27-28-29-30-31-32-33-34-35-36-37-38-39-40-41-42-43-44-46-47-49-51-53-55-57-59-61-68(71)75-65-67(66-77-79(73,74)76-64-63-70(3,4)5)78-69(72)62-60-58-56-54-52-50-48-45-23-21-19-17-15-13-11-9-7-2/h9,11,15,17,21,23,67H,6-8,10,12-14,16,18-20,22,24-66H2,1-5H3/b11-9-,17-15-,23-21-. The zero-order chi connectivity index (χ0) is 57.7. The lowest BCUT2D eigenvalue weighted by Crippen LogP contribution is -2.37. The summed E-state index contributed by atoms with van der Waals surface area (Å²) in [6, 6.07) is 0. The summed E-state index contributed by atoms with van der Waals surface area (Å²) in [6.45, 7) is 4.17. The second kappa shape index (κ2) is 60.8. The molecule has 0 aliphatic heterocycles. The summed E-state index contributed by atoms with van der Waals surface area (Å²) < 4.78 is 34.2. The van der Waals surface area contributed by atoms with Gasteiger partial charge in [0.25, 0.3) is 7.82 Å². The van der Waals surface area contributed by atoms with Crippen molar-refractivity contribution in [3.05, 3.63) is 36.5 Å². The first-order valence-corrected chi connectivity index (χ1v) is 35.7. The first kappa shape index (κ1) is 77.2. The van der Waals surface area contributed by atoms with E-state index >= 15 is 0 Å². The van der Waals surface area contributed by atoms with E-state index in [1.165, 1.54) is 244 Å². The molecule has 0 aliphatic carbocycles. The summed E-state index contributed by atoms with van der Waals surface area (Å²) in [5.74, 6) is -0.830.